The average Bonchev–Trinajstić information content (AvgIpc) is 2.98. The highest BCUT2D eigenvalue weighted by Gasteiger charge is 2.57. The van der Waals surface area contributed by atoms with E-state index < -0.39 is 0 Å². The summed E-state index contributed by atoms with van der Waals surface area (Å²) in [5.74, 6) is 1.07. The number of carbonyl (C=O) groups is 1. The molecule has 120 valence electrons. The molecule has 0 saturated heterocycles. The van der Waals surface area contributed by atoms with Gasteiger partial charge in [-0.2, -0.15) is 0 Å². The number of aromatic nitrogens is 3. The Morgan fingerprint density at radius 2 is 2.00 bits per heavy atom. The van der Waals surface area contributed by atoms with Gasteiger partial charge in [-0.15, -0.1) is 5.10 Å². The lowest BCUT2D eigenvalue weighted by Gasteiger charge is -2.57. The Balaban J connectivity index is 1.49. The van der Waals surface area contributed by atoms with E-state index in [1.165, 1.54) is 12.1 Å². The molecule has 3 atom stereocenters. The predicted octanol–water partition coefficient (Wildman–Crippen LogP) is 3.20. The van der Waals surface area contributed by atoms with Crippen molar-refractivity contribution in [1.29, 1.82) is 0 Å². The molecule has 3 fully saturated rings. The van der Waals surface area contributed by atoms with Gasteiger partial charge in [0.15, 0.2) is 0 Å². The summed E-state index contributed by atoms with van der Waals surface area (Å²) in [6.45, 7) is 4.43. The number of hydrogen-bond acceptors (Lipinski definition) is 3. The van der Waals surface area contributed by atoms with E-state index in [0.29, 0.717) is 18.1 Å². The van der Waals surface area contributed by atoms with Crippen LogP contribution in [-0.4, -0.2) is 20.8 Å². The third kappa shape index (κ3) is 2.30. The van der Waals surface area contributed by atoms with Gasteiger partial charge >= 0.3 is 0 Å². The van der Waals surface area contributed by atoms with Crippen LogP contribution in [0.1, 0.15) is 32.4 Å². The predicted molar refractivity (Wildman–Crippen MR) is 83.5 cm³/mol. The first-order valence-electron chi connectivity index (χ1n) is 8.16. The lowest BCUT2D eigenvalue weighted by Crippen LogP contribution is -2.56. The van der Waals surface area contributed by atoms with Gasteiger partial charge in [-0.25, -0.2) is 9.07 Å². The van der Waals surface area contributed by atoms with Gasteiger partial charge in [0.2, 0.25) is 0 Å². The maximum atomic E-state index is 13.0. The van der Waals surface area contributed by atoms with Crippen LogP contribution in [0, 0.1) is 29.0 Å². The maximum absolute atomic E-state index is 13.0. The zero-order valence-corrected chi connectivity index (χ0v) is 13.4. The third-order valence-electron chi connectivity index (χ3n) is 5.87. The van der Waals surface area contributed by atoms with E-state index in [2.05, 4.69) is 24.2 Å². The van der Waals surface area contributed by atoms with Gasteiger partial charge < -0.3 is 0 Å². The molecule has 1 heterocycles. The largest absolute Gasteiger partial charge is 0.299 e. The van der Waals surface area contributed by atoms with E-state index in [4.69, 9.17) is 0 Å². The summed E-state index contributed by atoms with van der Waals surface area (Å²) in [5, 5.41) is 8.29. The molecule has 1 aromatic carbocycles. The maximum Gasteiger partial charge on any atom is 0.139 e. The number of halogens is 1. The molecule has 0 unspecified atom stereocenters. The normalized spacial score (nSPS) is 28.5. The van der Waals surface area contributed by atoms with E-state index in [0.717, 1.165) is 24.2 Å². The molecule has 23 heavy (non-hydrogen) atoms. The summed E-state index contributed by atoms with van der Waals surface area (Å²) >= 11 is 0. The SMILES string of the molecule is CC1(C)[C@H]2C[C@@H](Cc3cn(-c4ccc(F)cc4)nn3)C(=O)[C@@H]1C2. The topological polar surface area (TPSA) is 47.8 Å². The first-order chi connectivity index (χ1) is 10.9. The van der Waals surface area contributed by atoms with Gasteiger partial charge in [-0.1, -0.05) is 19.1 Å². The number of nitrogens with zero attached hydrogens (tertiary/aromatic N) is 3. The molecule has 0 spiro atoms. The number of ketones is 1. The van der Waals surface area contributed by atoms with Crippen LogP contribution in [0.15, 0.2) is 30.5 Å². The molecule has 5 rings (SSSR count). The molecule has 3 aliphatic rings. The number of fused-ring (bicyclic) bond motifs is 2. The van der Waals surface area contributed by atoms with Crippen molar-refractivity contribution in [2.45, 2.75) is 33.1 Å². The highest BCUT2D eigenvalue weighted by molar-refractivity contribution is 5.87. The van der Waals surface area contributed by atoms with Gasteiger partial charge in [0.05, 0.1) is 17.6 Å². The molecule has 5 heteroatoms. The van der Waals surface area contributed by atoms with Crippen molar-refractivity contribution in [3.8, 4) is 5.69 Å². The Morgan fingerprint density at radius 1 is 1.26 bits per heavy atom. The van der Waals surface area contributed by atoms with Crippen molar-refractivity contribution >= 4 is 5.78 Å². The van der Waals surface area contributed by atoms with E-state index in [1.807, 2.05) is 6.20 Å². The first kappa shape index (κ1) is 14.5. The fourth-order valence-electron chi connectivity index (χ4n) is 4.19. The Hall–Kier alpha value is -2.04. The van der Waals surface area contributed by atoms with Gasteiger partial charge in [-0.3, -0.25) is 4.79 Å². The number of carbonyl (C=O) groups excluding carboxylic acids is 1. The van der Waals surface area contributed by atoms with Crippen molar-refractivity contribution in [1.82, 2.24) is 15.0 Å². The summed E-state index contributed by atoms with van der Waals surface area (Å²) in [5.41, 5.74) is 1.77. The molecule has 3 saturated carbocycles. The summed E-state index contributed by atoms with van der Waals surface area (Å²) in [7, 11) is 0. The molecule has 0 N–H and O–H groups in total. The van der Waals surface area contributed by atoms with Gasteiger partial charge in [-0.05, 0) is 48.4 Å². The van der Waals surface area contributed by atoms with Crippen LogP contribution in [0.5, 0.6) is 0 Å². The first-order valence-corrected chi connectivity index (χ1v) is 8.16. The van der Waals surface area contributed by atoms with Crippen LogP contribution in [-0.2, 0) is 11.2 Å². The molecule has 0 amide bonds. The highest BCUT2D eigenvalue weighted by atomic mass is 19.1. The van der Waals surface area contributed by atoms with Crippen molar-refractivity contribution in [2.75, 3.05) is 0 Å². The zero-order valence-electron chi connectivity index (χ0n) is 13.4. The molecular formula is C18H20FN3O. The Kier molecular flexibility index (Phi) is 3.15. The zero-order chi connectivity index (χ0) is 16.2. The molecule has 1 aromatic heterocycles. The van der Waals surface area contributed by atoms with Gasteiger partial charge in [0.25, 0.3) is 0 Å². The van der Waals surface area contributed by atoms with Crippen LogP contribution in [0.3, 0.4) is 0 Å². The van der Waals surface area contributed by atoms with Crippen molar-refractivity contribution in [3.05, 3.63) is 42.0 Å². The minimum atomic E-state index is -0.274. The third-order valence-corrected chi connectivity index (χ3v) is 5.87. The van der Waals surface area contributed by atoms with E-state index in [-0.39, 0.29) is 23.1 Å². The Bertz CT molecular complexity index is 750. The van der Waals surface area contributed by atoms with E-state index in [1.54, 1.807) is 16.8 Å². The van der Waals surface area contributed by atoms with Crippen molar-refractivity contribution < 1.29 is 9.18 Å². The van der Waals surface area contributed by atoms with Crippen LogP contribution in [0.25, 0.3) is 5.69 Å². The van der Waals surface area contributed by atoms with Crippen LogP contribution in [0.2, 0.25) is 0 Å². The smallest absolute Gasteiger partial charge is 0.139 e. The molecule has 2 bridgehead atoms. The lowest BCUT2D eigenvalue weighted by molar-refractivity contribution is -0.156. The molecule has 4 nitrogen and oxygen atoms in total. The van der Waals surface area contributed by atoms with Gasteiger partial charge in [0.1, 0.15) is 11.6 Å². The number of Topliss-reactive ketones (excluding diaryl/α,β-unsaturated/α-hetero) is 1. The van der Waals surface area contributed by atoms with E-state index in [9.17, 15) is 9.18 Å². The Morgan fingerprint density at radius 3 is 2.65 bits per heavy atom. The quantitative estimate of drug-likeness (QED) is 0.874. The summed E-state index contributed by atoms with van der Waals surface area (Å²) < 4.78 is 14.6. The van der Waals surface area contributed by atoms with Crippen LogP contribution < -0.4 is 0 Å². The molecular weight excluding hydrogens is 293 g/mol. The van der Waals surface area contributed by atoms with Crippen LogP contribution >= 0.6 is 0 Å². The minimum absolute atomic E-state index is 0.0742. The Labute approximate surface area is 134 Å². The average molecular weight is 313 g/mol. The second kappa shape index (κ2) is 4.98. The molecule has 3 aliphatic carbocycles. The minimum Gasteiger partial charge on any atom is -0.299 e. The molecule has 0 radical (unpaired) electrons. The number of hydrogen-bond donors (Lipinski definition) is 0. The number of benzene rings is 1. The fourth-order valence-corrected chi connectivity index (χ4v) is 4.19. The van der Waals surface area contributed by atoms with Gasteiger partial charge in [0, 0.05) is 18.3 Å². The molecule has 0 aliphatic heterocycles. The second-order valence-corrected chi connectivity index (χ2v) is 7.48. The summed E-state index contributed by atoms with van der Waals surface area (Å²) in [6.07, 6.45) is 4.52. The highest BCUT2D eigenvalue weighted by Crippen LogP contribution is 2.59. The summed E-state index contributed by atoms with van der Waals surface area (Å²) in [4.78, 5) is 12.6. The van der Waals surface area contributed by atoms with Crippen molar-refractivity contribution in [2.24, 2.45) is 23.2 Å². The standard InChI is InChI=1S/C18H20FN3O/c1-18(2)12-7-11(17(23)16(18)9-12)8-14-10-22(21-20-14)15-5-3-13(19)4-6-15/h3-6,10-12,16H,7-9H2,1-2H3/t11-,12-,16-/m0/s1. The second-order valence-electron chi connectivity index (χ2n) is 7.48. The van der Waals surface area contributed by atoms with Crippen molar-refractivity contribution in [3.63, 3.8) is 0 Å². The monoisotopic (exact) mass is 313 g/mol. The summed E-state index contributed by atoms with van der Waals surface area (Å²) in [6, 6.07) is 6.13. The van der Waals surface area contributed by atoms with Crippen LogP contribution in [0.4, 0.5) is 4.39 Å². The lowest BCUT2D eigenvalue weighted by atomic mass is 9.46. The van der Waals surface area contributed by atoms with E-state index >= 15 is 0 Å². The molecule has 2 aromatic rings. The number of rotatable bonds is 3. The fraction of sp³-hybridized carbons (Fsp3) is 0.500.